The summed E-state index contributed by atoms with van der Waals surface area (Å²) in [5, 5.41) is 12.2. The normalized spacial score (nSPS) is 11.5. The lowest BCUT2D eigenvalue weighted by Crippen LogP contribution is -1.90. The van der Waals surface area contributed by atoms with Crippen LogP contribution in [-0.4, -0.2) is 30.1 Å². The van der Waals surface area contributed by atoms with Crippen LogP contribution in [0.25, 0.3) is 55.8 Å². The van der Waals surface area contributed by atoms with Gasteiger partial charge in [0, 0.05) is 46.7 Å². The maximum absolute atomic E-state index is 14.9. The number of benzene rings is 1. The molecule has 0 spiro atoms. The molecule has 1 aromatic carbocycles. The molecule has 8 heteroatoms. The van der Waals surface area contributed by atoms with Crippen LogP contribution in [0, 0.1) is 12.7 Å². The second-order valence-corrected chi connectivity index (χ2v) is 8.08. The number of aryl methyl sites for hydroxylation is 1. The van der Waals surface area contributed by atoms with Crippen LogP contribution < -0.4 is 0 Å². The minimum absolute atomic E-state index is 0.329. The number of rotatable bonds is 3. The fraction of sp³-hybridized carbons (Fsp3) is 0.0435. The first-order valence-electron chi connectivity index (χ1n) is 9.65. The number of halogens is 1. The van der Waals surface area contributed by atoms with E-state index in [4.69, 9.17) is 0 Å². The van der Waals surface area contributed by atoms with Gasteiger partial charge in [-0.3, -0.25) is 10.1 Å². The van der Waals surface area contributed by atoms with Gasteiger partial charge in [-0.1, -0.05) is 0 Å². The summed E-state index contributed by atoms with van der Waals surface area (Å²) >= 11 is 1.64. The maximum Gasteiger partial charge on any atom is 0.178 e. The fourth-order valence-electron chi connectivity index (χ4n) is 3.85. The molecule has 0 aliphatic rings. The minimum Gasteiger partial charge on any atom is -0.335 e. The molecule has 5 aromatic heterocycles. The van der Waals surface area contributed by atoms with Crippen molar-refractivity contribution in [1.82, 2.24) is 30.1 Å². The molecule has 0 atom stereocenters. The molecule has 0 saturated carbocycles. The highest BCUT2D eigenvalue weighted by atomic mass is 32.1. The second-order valence-electron chi connectivity index (χ2n) is 7.30. The van der Waals surface area contributed by atoms with E-state index in [0.717, 1.165) is 33.2 Å². The van der Waals surface area contributed by atoms with E-state index in [1.165, 1.54) is 6.07 Å². The monoisotopic (exact) mass is 426 g/mol. The number of nitrogens with zero attached hydrogens (tertiary/aromatic N) is 4. The highest BCUT2D eigenvalue weighted by Gasteiger charge is 2.18. The molecule has 150 valence electrons. The standard InChI is InChI=1S/C23H15FN6S/c1-12-2-5-25-10-17(12)15-8-16-19(9-18(15)24)29-30-21(16)23-27-20-14(13-4-7-31-11-13)3-6-26-22(20)28-23/h2-11H,1H3,(H,29,30)(H,26,27,28). The number of nitrogens with one attached hydrogen (secondary N) is 2. The Morgan fingerprint density at radius 1 is 1.03 bits per heavy atom. The lowest BCUT2D eigenvalue weighted by Gasteiger charge is -2.07. The van der Waals surface area contributed by atoms with Crippen molar-refractivity contribution >= 4 is 33.4 Å². The molecule has 0 radical (unpaired) electrons. The van der Waals surface area contributed by atoms with Crippen LogP contribution in [0.3, 0.4) is 0 Å². The summed E-state index contributed by atoms with van der Waals surface area (Å²) in [6.07, 6.45) is 5.13. The second kappa shape index (κ2) is 6.82. The van der Waals surface area contributed by atoms with E-state index in [1.807, 2.05) is 24.4 Å². The Hall–Kier alpha value is -3.91. The number of imidazole rings is 1. The number of pyridine rings is 2. The minimum atomic E-state index is -0.329. The highest BCUT2D eigenvalue weighted by molar-refractivity contribution is 7.08. The summed E-state index contributed by atoms with van der Waals surface area (Å²) in [4.78, 5) is 16.6. The molecule has 0 unspecified atom stereocenters. The van der Waals surface area contributed by atoms with E-state index < -0.39 is 0 Å². The quantitative estimate of drug-likeness (QED) is 0.378. The SMILES string of the molecule is Cc1ccncc1-c1cc2c(-c3nc4nccc(-c5ccsc5)c4[nH]3)n[nH]c2cc1F. The number of hydrogen-bond acceptors (Lipinski definition) is 5. The van der Waals surface area contributed by atoms with Gasteiger partial charge in [-0.2, -0.15) is 16.4 Å². The zero-order valence-electron chi connectivity index (χ0n) is 16.3. The molecule has 0 aliphatic carbocycles. The van der Waals surface area contributed by atoms with Gasteiger partial charge >= 0.3 is 0 Å². The molecule has 2 N–H and O–H groups in total. The molecule has 6 nitrogen and oxygen atoms in total. The molecule has 0 fully saturated rings. The van der Waals surface area contributed by atoms with Gasteiger partial charge in [0.05, 0.1) is 11.0 Å². The average molecular weight is 426 g/mol. The molecule has 0 amide bonds. The lowest BCUT2D eigenvalue weighted by atomic mass is 10.00. The average Bonchev–Trinajstić information content (AvgIpc) is 3.52. The number of fused-ring (bicyclic) bond motifs is 2. The van der Waals surface area contributed by atoms with Gasteiger partial charge in [0.2, 0.25) is 0 Å². The third kappa shape index (κ3) is 2.83. The summed E-state index contributed by atoms with van der Waals surface area (Å²) < 4.78 is 14.9. The zero-order chi connectivity index (χ0) is 20.9. The summed E-state index contributed by atoms with van der Waals surface area (Å²) in [5.74, 6) is 0.252. The van der Waals surface area contributed by atoms with E-state index in [1.54, 1.807) is 36.0 Å². The fourth-order valence-corrected chi connectivity index (χ4v) is 4.51. The summed E-state index contributed by atoms with van der Waals surface area (Å²) in [6, 6.07) is 9.16. The number of hydrogen-bond donors (Lipinski definition) is 2. The van der Waals surface area contributed by atoms with Crippen LogP contribution in [0.15, 0.2) is 59.7 Å². The molecule has 6 rings (SSSR count). The first-order chi connectivity index (χ1) is 15.2. The van der Waals surface area contributed by atoms with Crippen molar-refractivity contribution < 1.29 is 4.39 Å². The van der Waals surface area contributed by atoms with E-state index in [9.17, 15) is 4.39 Å². The Labute approximate surface area is 179 Å². The van der Waals surface area contributed by atoms with Gasteiger partial charge in [0.25, 0.3) is 0 Å². The number of thiophene rings is 1. The van der Waals surface area contributed by atoms with E-state index in [-0.39, 0.29) is 5.82 Å². The highest BCUT2D eigenvalue weighted by Crippen LogP contribution is 2.34. The van der Waals surface area contributed by atoms with Crippen LogP contribution in [0.5, 0.6) is 0 Å². The van der Waals surface area contributed by atoms with E-state index in [0.29, 0.717) is 28.2 Å². The summed E-state index contributed by atoms with van der Waals surface area (Å²) in [7, 11) is 0. The Morgan fingerprint density at radius 3 is 2.81 bits per heavy atom. The molecular weight excluding hydrogens is 411 g/mol. The van der Waals surface area contributed by atoms with Crippen molar-refractivity contribution in [3.8, 4) is 33.8 Å². The van der Waals surface area contributed by atoms with E-state index >= 15 is 0 Å². The molecule has 0 aliphatic heterocycles. The van der Waals surface area contributed by atoms with Gasteiger partial charge < -0.3 is 4.98 Å². The van der Waals surface area contributed by atoms with Crippen molar-refractivity contribution in [3.05, 3.63) is 71.1 Å². The number of H-pyrrole nitrogens is 2. The van der Waals surface area contributed by atoms with Crippen LogP contribution in [0.4, 0.5) is 4.39 Å². The maximum atomic E-state index is 14.9. The van der Waals surface area contributed by atoms with Crippen molar-refractivity contribution in [3.63, 3.8) is 0 Å². The van der Waals surface area contributed by atoms with Crippen molar-refractivity contribution in [2.45, 2.75) is 6.92 Å². The zero-order valence-corrected chi connectivity index (χ0v) is 17.2. The molecular formula is C23H15FN6S. The van der Waals surface area contributed by atoms with Gasteiger partial charge in [0.15, 0.2) is 11.5 Å². The van der Waals surface area contributed by atoms with Crippen LogP contribution in [0.2, 0.25) is 0 Å². The van der Waals surface area contributed by atoms with Gasteiger partial charge in [-0.05, 0) is 53.1 Å². The van der Waals surface area contributed by atoms with E-state index in [2.05, 4.69) is 41.6 Å². The number of aromatic nitrogens is 6. The first-order valence-corrected chi connectivity index (χ1v) is 10.6. The molecule has 6 aromatic rings. The Morgan fingerprint density at radius 2 is 1.97 bits per heavy atom. The lowest BCUT2D eigenvalue weighted by molar-refractivity contribution is 0.632. The Balaban J connectivity index is 1.56. The molecule has 31 heavy (non-hydrogen) atoms. The van der Waals surface area contributed by atoms with Crippen LogP contribution in [-0.2, 0) is 0 Å². The summed E-state index contributed by atoms with van der Waals surface area (Å²) in [6.45, 7) is 1.94. The molecule has 5 heterocycles. The molecule has 0 bridgehead atoms. The first kappa shape index (κ1) is 17.9. The summed E-state index contributed by atoms with van der Waals surface area (Å²) in [5.41, 5.74) is 6.99. The third-order valence-electron chi connectivity index (χ3n) is 5.43. The van der Waals surface area contributed by atoms with Gasteiger partial charge in [0.1, 0.15) is 11.5 Å². The molecule has 0 saturated heterocycles. The smallest absolute Gasteiger partial charge is 0.178 e. The third-order valence-corrected chi connectivity index (χ3v) is 6.11. The van der Waals surface area contributed by atoms with Gasteiger partial charge in [-0.25, -0.2) is 14.4 Å². The Kier molecular flexibility index (Phi) is 3.94. The van der Waals surface area contributed by atoms with Gasteiger partial charge in [-0.15, -0.1) is 0 Å². The Bertz CT molecular complexity index is 1560. The number of aromatic amines is 2. The van der Waals surface area contributed by atoms with Crippen molar-refractivity contribution in [1.29, 1.82) is 0 Å². The predicted molar refractivity (Wildman–Crippen MR) is 120 cm³/mol. The van der Waals surface area contributed by atoms with Crippen molar-refractivity contribution in [2.24, 2.45) is 0 Å². The van der Waals surface area contributed by atoms with Crippen molar-refractivity contribution in [2.75, 3.05) is 0 Å². The van der Waals surface area contributed by atoms with Crippen LogP contribution >= 0.6 is 11.3 Å². The predicted octanol–water partition coefficient (Wildman–Crippen LogP) is 5.74. The topological polar surface area (TPSA) is 83.1 Å². The largest absolute Gasteiger partial charge is 0.335 e. The van der Waals surface area contributed by atoms with Crippen LogP contribution in [0.1, 0.15) is 5.56 Å².